The molecule has 0 aliphatic carbocycles. The van der Waals surface area contributed by atoms with Gasteiger partial charge < -0.3 is 10.6 Å². The molecule has 1 aromatic rings. The molecule has 1 atom stereocenters. The molecule has 0 spiro atoms. The van der Waals surface area contributed by atoms with Crippen LogP contribution in [-0.4, -0.2) is 34.8 Å². The van der Waals surface area contributed by atoms with Crippen LogP contribution in [-0.2, 0) is 11.3 Å². The number of hydrogen-bond acceptors (Lipinski definition) is 3. The summed E-state index contributed by atoms with van der Waals surface area (Å²) in [4.78, 5) is 11.8. The number of amides is 1. The number of carbonyl (C=O) groups excluding carboxylic acids is 1. The molecule has 1 aliphatic rings. The molecular formula is C12H20N4O. The van der Waals surface area contributed by atoms with E-state index >= 15 is 0 Å². The number of hydrogen-bond donors (Lipinski definition) is 2. The van der Waals surface area contributed by atoms with E-state index in [1.165, 1.54) is 0 Å². The monoisotopic (exact) mass is 236 g/mol. The highest BCUT2D eigenvalue weighted by Gasteiger charge is 2.15. The Hall–Kier alpha value is -1.36. The average Bonchev–Trinajstić information content (AvgIpc) is 2.58. The van der Waals surface area contributed by atoms with E-state index < -0.39 is 0 Å². The maximum atomic E-state index is 11.8. The van der Waals surface area contributed by atoms with Crippen molar-refractivity contribution >= 4 is 5.91 Å². The molecule has 1 aliphatic heterocycles. The minimum atomic E-state index is 0.0462. The molecule has 1 saturated heterocycles. The number of rotatable bonds is 3. The van der Waals surface area contributed by atoms with Crippen LogP contribution in [0.25, 0.3) is 0 Å². The van der Waals surface area contributed by atoms with Gasteiger partial charge >= 0.3 is 0 Å². The van der Waals surface area contributed by atoms with E-state index in [-0.39, 0.29) is 11.9 Å². The number of carbonyl (C=O) groups is 1. The summed E-state index contributed by atoms with van der Waals surface area (Å²) in [6.45, 7) is 6.16. The SMILES string of the molecule is Cc1cc(C)n(CC(=O)N[C@H]2CCCNC2)n1. The fourth-order valence-corrected chi connectivity index (χ4v) is 2.22. The van der Waals surface area contributed by atoms with E-state index in [1.807, 2.05) is 19.9 Å². The molecule has 0 bridgehead atoms. The van der Waals surface area contributed by atoms with Gasteiger partial charge in [-0.1, -0.05) is 0 Å². The van der Waals surface area contributed by atoms with Gasteiger partial charge in [-0.15, -0.1) is 0 Å². The highest BCUT2D eigenvalue weighted by atomic mass is 16.2. The summed E-state index contributed by atoms with van der Waals surface area (Å²) in [7, 11) is 0. The average molecular weight is 236 g/mol. The maximum Gasteiger partial charge on any atom is 0.242 e. The molecule has 1 fully saturated rings. The Labute approximate surface area is 102 Å². The van der Waals surface area contributed by atoms with E-state index in [0.29, 0.717) is 6.54 Å². The smallest absolute Gasteiger partial charge is 0.242 e. The molecule has 2 rings (SSSR count). The third kappa shape index (κ3) is 3.30. The lowest BCUT2D eigenvalue weighted by Crippen LogP contribution is -2.46. The molecule has 0 unspecified atom stereocenters. The van der Waals surface area contributed by atoms with Crippen molar-refractivity contribution < 1.29 is 4.79 Å². The van der Waals surface area contributed by atoms with Gasteiger partial charge in [-0.25, -0.2) is 0 Å². The van der Waals surface area contributed by atoms with E-state index in [4.69, 9.17) is 0 Å². The van der Waals surface area contributed by atoms with Crippen LogP contribution in [0.15, 0.2) is 6.07 Å². The van der Waals surface area contributed by atoms with E-state index in [9.17, 15) is 4.79 Å². The summed E-state index contributed by atoms with van der Waals surface area (Å²) >= 11 is 0. The predicted octanol–water partition coefficient (Wildman–Crippen LogP) is 0.368. The first kappa shape index (κ1) is 12.1. The predicted molar refractivity (Wildman–Crippen MR) is 65.7 cm³/mol. The summed E-state index contributed by atoms with van der Waals surface area (Å²) in [6.07, 6.45) is 2.20. The molecule has 2 N–H and O–H groups in total. The standard InChI is InChI=1S/C12H20N4O/c1-9-6-10(2)16(15-9)8-12(17)14-11-4-3-5-13-7-11/h6,11,13H,3-5,7-8H2,1-2H3,(H,14,17)/t11-/m0/s1. The largest absolute Gasteiger partial charge is 0.350 e. The first-order valence-corrected chi connectivity index (χ1v) is 6.16. The fourth-order valence-electron chi connectivity index (χ4n) is 2.22. The molecule has 5 nitrogen and oxygen atoms in total. The summed E-state index contributed by atoms with van der Waals surface area (Å²) < 4.78 is 1.75. The van der Waals surface area contributed by atoms with Crippen molar-refractivity contribution in [1.82, 2.24) is 20.4 Å². The second kappa shape index (κ2) is 5.31. The lowest BCUT2D eigenvalue weighted by atomic mass is 10.1. The lowest BCUT2D eigenvalue weighted by Gasteiger charge is -2.23. The number of aromatic nitrogens is 2. The summed E-state index contributed by atoms with van der Waals surface area (Å²) in [6, 6.07) is 2.25. The van der Waals surface area contributed by atoms with Crippen molar-refractivity contribution in [2.24, 2.45) is 0 Å². The maximum absolute atomic E-state index is 11.8. The third-order valence-electron chi connectivity index (χ3n) is 3.06. The van der Waals surface area contributed by atoms with Gasteiger partial charge in [0.2, 0.25) is 5.91 Å². The molecule has 5 heteroatoms. The van der Waals surface area contributed by atoms with E-state index in [1.54, 1.807) is 4.68 Å². The van der Waals surface area contributed by atoms with Gasteiger partial charge in [0.15, 0.2) is 0 Å². The van der Waals surface area contributed by atoms with Gasteiger partial charge in [-0.05, 0) is 39.3 Å². The van der Waals surface area contributed by atoms with Crippen molar-refractivity contribution in [3.63, 3.8) is 0 Å². The molecule has 0 radical (unpaired) electrons. The van der Waals surface area contributed by atoms with E-state index in [2.05, 4.69) is 15.7 Å². The molecule has 17 heavy (non-hydrogen) atoms. The Balaban J connectivity index is 1.86. The third-order valence-corrected chi connectivity index (χ3v) is 3.06. The zero-order chi connectivity index (χ0) is 12.3. The summed E-state index contributed by atoms with van der Waals surface area (Å²) in [5.74, 6) is 0.0462. The topological polar surface area (TPSA) is 59.0 Å². The van der Waals surface area contributed by atoms with Gasteiger partial charge in [0.1, 0.15) is 6.54 Å². The number of nitrogens with zero attached hydrogens (tertiary/aromatic N) is 2. The van der Waals surface area contributed by atoms with Crippen LogP contribution < -0.4 is 10.6 Å². The van der Waals surface area contributed by atoms with Crippen LogP contribution in [0, 0.1) is 13.8 Å². The van der Waals surface area contributed by atoms with E-state index in [0.717, 1.165) is 37.3 Å². The molecule has 0 saturated carbocycles. The van der Waals surface area contributed by atoms with Gasteiger partial charge in [-0.3, -0.25) is 9.48 Å². The normalized spacial score (nSPS) is 20.2. The first-order chi connectivity index (χ1) is 8.15. The van der Waals surface area contributed by atoms with Crippen LogP contribution in [0.3, 0.4) is 0 Å². The van der Waals surface area contributed by atoms with Crippen molar-refractivity contribution in [2.75, 3.05) is 13.1 Å². The molecule has 0 aromatic carbocycles. The van der Waals surface area contributed by atoms with Crippen molar-refractivity contribution in [2.45, 2.75) is 39.3 Å². The molecule has 1 amide bonds. The van der Waals surface area contributed by atoms with Gasteiger partial charge in [-0.2, -0.15) is 5.10 Å². The lowest BCUT2D eigenvalue weighted by molar-refractivity contribution is -0.122. The molecule has 2 heterocycles. The van der Waals surface area contributed by atoms with Crippen LogP contribution >= 0.6 is 0 Å². The van der Waals surface area contributed by atoms with Gasteiger partial charge in [0.05, 0.1) is 5.69 Å². The zero-order valence-corrected chi connectivity index (χ0v) is 10.5. The first-order valence-electron chi connectivity index (χ1n) is 6.16. The Morgan fingerprint density at radius 1 is 1.65 bits per heavy atom. The highest BCUT2D eigenvalue weighted by molar-refractivity contribution is 5.76. The Bertz CT molecular complexity index is 393. The fraction of sp³-hybridized carbons (Fsp3) is 0.667. The number of aryl methyl sites for hydroxylation is 2. The van der Waals surface area contributed by atoms with Gasteiger partial charge in [0.25, 0.3) is 0 Å². The van der Waals surface area contributed by atoms with Crippen LogP contribution in [0.2, 0.25) is 0 Å². The van der Waals surface area contributed by atoms with Crippen LogP contribution in [0.4, 0.5) is 0 Å². The Morgan fingerprint density at radius 2 is 2.47 bits per heavy atom. The van der Waals surface area contributed by atoms with Crippen LogP contribution in [0.1, 0.15) is 24.2 Å². The quantitative estimate of drug-likeness (QED) is 0.797. The second-order valence-corrected chi connectivity index (χ2v) is 4.70. The minimum Gasteiger partial charge on any atom is -0.350 e. The second-order valence-electron chi connectivity index (χ2n) is 4.70. The number of piperidine rings is 1. The zero-order valence-electron chi connectivity index (χ0n) is 10.5. The van der Waals surface area contributed by atoms with Gasteiger partial charge in [0, 0.05) is 18.3 Å². The summed E-state index contributed by atoms with van der Waals surface area (Å²) in [5, 5.41) is 10.6. The molecule has 1 aromatic heterocycles. The van der Waals surface area contributed by atoms with Crippen LogP contribution in [0.5, 0.6) is 0 Å². The van der Waals surface area contributed by atoms with Crippen molar-refractivity contribution in [1.29, 1.82) is 0 Å². The van der Waals surface area contributed by atoms with Crippen molar-refractivity contribution in [3.05, 3.63) is 17.5 Å². The molecular weight excluding hydrogens is 216 g/mol. The van der Waals surface area contributed by atoms with Crippen molar-refractivity contribution in [3.8, 4) is 0 Å². The molecule has 94 valence electrons. The Morgan fingerprint density at radius 3 is 3.06 bits per heavy atom. The summed E-state index contributed by atoms with van der Waals surface area (Å²) in [5.41, 5.74) is 1.98. The number of nitrogens with one attached hydrogen (secondary N) is 2. The minimum absolute atomic E-state index is 0.0462. The Kier molecular flexibility index (Phi) is 3.78. The highest BCUT2D eigenvalue weighted by Crippen LogP contribution is 2.03.